The number of anilines is 1. The van der Waals surface area contributed by atoms with Crippen LogP contribution in [0.25, 0.3) is 0 Å². The molecule has 0 saturated carbocycles. The Balaban J connectivity index is 2.66. The van der Waals surface area contributed by atoms with Crippen LogP contribution in [-0.4, -0.2) is 30.3 Å². The number of carbonyl (C=O) groups is 2. The predicted octanol–water partition coefficient (Wildman–Crippen LogP) is 2.38. The van der Waals surface area contributed by atoms with Crippen molar-refractivity contribution in [2.75, 3.05) is 12.4 Å². The minimum absolute atomic E-state index is 0.393. The van der Waals surface area contributed by atoms with Gasteiger partial charge in [0, 0.05) is 5.69 Å². The van der Waals surface area contributed by atoms with Gasteiger partial charge in [0.05, 0.1) is 7.11 Å². The van der Waals surface area contributed by atoms with E-state index in [4.69, 9.17) is 9.84 Å². The SMILES string of the molecule is CCC[C@H](NC(=O)Nc1ccc(OC)c(C)c1)C(=O)O. The van der Waals surface area contributed by atoms with Crippen molar-refractivity contribution in [2.45, 2.75) is 32.7 Å². The highest BCUT2D eigenvalue weighted by molar-refractivity contribution is 5.92. The monoisotopic (exact) mass is 280 g/mol. The van der Waals surface area contributed by atoms with Crippen LogP contribution in [0.4, 0.5) is 10.5 Å². The molecule has 20 heavy (non-hydrogen) atoms. The summed E-state index contributed by atoms with van der Waals surface area (Å²) >= 11 is 0. The summed E-state index contributed by atoms with van der Waals surface area (Å²) in [6.45, 7) is 3.72. The topological polar surface area (TPSA) is 87.7 Å². The van der Waals surface area contributed by atoms with E-state index >= 15 is 0 Å². The molecule has 0 aliphatic rings. The quantitative estimate of drug-likeness (QED) is 0.746. The molecule has 0 bridgehead atoms. The molecule has 0 aliphatic carbocycles. The maximum Gasteiger partial charge on any atom is 0.326 e. The first-order chi connectivity index (χ1) is 9.47. The fourth-order valence-corrected chi connectivity index (χ4v) is 1.83. The van der Waals surface area contributed by atoms with Gasteiger partial charge in [-0.1, -0.05) is 13.3 Å². The van der Waals surface area contributed by atoms with Gasteiger partial charge in [0.1, 0.15) is 11.8 Å². The lowest BCUT2D eigenvalue weighted by Crippen LogP contribution is -2.42. The molecule has 6 nitrogen and oxygen atoms in total. The van der Waals surface area contributed by atoms with E-state index in [-0.39, 0.29) is 0 Å². The third-order valence-electron chi connectivity index (χ3n) is 2.83. The zero-order valence-corrected chi connectivity index (χ0v) is 11.9. The van der Waals surface area contributed by atoms with Crippen LogP contribution in [0.5, 0.6) is 5.75 Å². The third-order valence-corrected chi connectivity index (χ3v) is 2.83. The molecule has 1 rings (SSSR count). The number of methoxy groups -OCH3 is 1. The Morgan fingerprint density at radius 2 is 2.10 bits per heavy atom. The van der Waals surface area contributed by atoms with Crippen molar-refractivity contribution in [3.63, 3.8) is 0 Å². The number of benzene rings is 1. The van der Waals surface area contributed by atoms with Crippen molar-refractivity contribution < 1.29 is 19.4 Å². The summed E-state index contributed by atoms with van der Waals surface area (Å²) in [5.41, 5.74) is 1.47. The van der Waals surface area contributed by atoms with Crippen molar-refractivity contribution >= 4 is 17.7 Å². The van der Waals surface area contributed by atoms with E-state index in [1.807, 2.05) is 13.8 Å². The van der Waals surface area contributed by atoms with Gasteiger partial charge in [-0.05, 0) is 37.1 Å². The maximum atomic E-state index is 11.8. The summed E-state index contributed by atoms with van der Waals surface area (Å²) in [6, 6.07) is 3.79. The number of carboxylic acids is 1. The lowest BCUT2D eigenvalue weighted by molar-refractivity contribution is -0.139. The lowest BCUT2D eigenvalue weighted by atomic mass is 10.2. The first kappa shape index (κ1) is 15.8. The van der Waals surface area contributed by atoms with Crippen molar-refractivity contribution in [3.8, 4) is 5.75 Å². The van der Waals surface area contributed by atoms with Crippen LogP contribution < -0.4 is 15.4 Å². The van der Waals surface area contributed by atoms with Crippen molar-refractivity contribution in [1.29, 1.82) is 0 Å². The van der Waals surface area contributed by atoms with Crippen LogP contribution in [0.15, 0.2) is 18.2 Å². The lowest BCUT2D eigenvalue weighted by Gasteiger charge is -2.15. The average Bonchev–Trinajstić information content (AvgIpc) is 2.38. The number of aryl methyl sites for hydroxylation is 1. The van der Waals surface area contributed by atoms with E-state index < -0.39 is 18.0 Å². The number of aliphatic carboxylic acids is 1. The molecule has 1 atom stereocenters. The number of carbonyl (C=O) groups excluding carboxylic acids is 1. The molecule has 6 heteroatoms. The van der Waals surface area contributed by atoms with Gasteiger partial charge in [-0.25, -0.2) is 9.59 Å². The Kier molecular flexibility index (Phi) is 5.83. The van der Waals surface area contributed by atoms with Gasteiger partial charge in [0.2, 0.25) is 0 Å². The molecule has 0 fully saturated rings. The number of hydrogen-bond acceptors (Lipinski definition) is 3. The van der Waals surface area contributed by atoms with Crippen LogP contribution in [0.2, 0.25) is 0 Å². The summed E-state index contributed by atoms with van der Waals surface area (Å²) in [4.78, 5) is 22.7. The fraction of sp³-hybridized carbons (Fsp3) is 0.429. The van der Waals surface area contributed by atoms with E-state index in [0.29, 0.717) is 18.5 Å². The number of nitrogens with one attached hydrogen (secondary N) is 2. The summed E-state index contributed by atoms with van der Waals surface area (Å²) in [5.74, 6) is -0.307. The van der Waals surface area contributed by atoms with Crippen molar-refractivity contribution in [1.82, 2.24) is 5.32 Å². The molecule has 0 aromatic heterocycles. The molecule has 0 saturated heterocycles. The minimum atomic E-state index is -1.03. The van der Waals surface area contributed by atoms with Gasteiger partial charge in [0.25, 0.3) is 0 Å². The molecule has 3 N–H and O–H groups in total. The van der Waals surface area contributed by atoms with Gasteiger partial charge in [-0.3, -0.25) is 0 Å². The Labute approximate surface area is 118 Å². The molecular weight excluding hydrogens is 260 g/mol. The minimum Gasteiger partial charge on any atom is -0.496 e. The predicted molar refractivity (Wildman–Crippen MR) is 76.2 cm³/mol. The zero-order chi connectivity index (χ0) is 15.1. The molecule has 0 heterocycles. The number of rotatable bonds is 6. The number of ether oxygens (including phenoxy) is 1. The van der Waals surface area contributed by atoms with E-state index in [2.05, 4.69) is 10.6 Å². The maximum absolute atomic E-state index is 11.8. The fourth-order valence-electron chi connectivity index (χ4n) is 1.83. The van der Waals surface area contributed by atoms with Crippen LogP contribution in [0, 0.1) is 6.92 Å². The van der Waals surface area contributed by atoms with E-state index in [0.717, 1.165) is 11.3 Å². The molecule has 0 aliphatic heterocycles. The molecule has 1 aromatic carbocycles. The van der Waals surface area contributed by atoms with Gasteiger partial charge < -0.3 is 20.5 Å². The normalized spacial score (nSPS) is 11.6. The summed E-state index contributed by atoms with van der Waals surface area (Å²) in [7, 11) is 1.57. The second-order valence-electron chi connectivity index (χ2n) is 4.46. The zero-order valence-electron chi connectivity index (χ0n) is 11.9. The highest BCUT2D eigenvalue weighted by Crippen LogP contribution is 2.21. The van der Waals surface area contributed by atoms with E-state index in [9.17, 15) is 9.59 Å². The van der Waals surface area contributed by atoms with E-state index in [1.165, 1.54) is 0 Å². The van der Waals surface area contributed by atoms with Gasteiger partial charge >= 0.3 is 12.0 Å². The van der Waals surface area contributed by atoms with Crippen molar-refractivity contribution in [3.05, 3.63) is 23.8 Å². The highest BCUT2D eigenvalue weighted by Gasteiger charge is 2.18. The second kappa shape index (κ2) is 7.37. The van der Waals surface area contributed by atoms with Crippen LogP contribution >= 0.6 is 0 Å². The Hall–Kier alpha value is -2.24. The van der Waals surface area contributed by atoms with Crippen LogP contribution in [0.1, 0.15) is 25.3 Å². The number of amides is 2. The average molecular weight is 280 g/mol. The summed E-state index contributed by atoms with van der Waals surface area (Å²) < 4.78 is 5.13. The van der Waals surface area contributed by atoms with Gasteiger partial charge in [0.15, 0.2) is 0 Å². The standard InChI is InChI=1S/C14H20N2O4/c1-4-5-11(13(17)18)16-14(19)15-10-6-7-12(20-3)9(2)8-10/h6-8,11H,4-5H2,1-3H3,(H,17,18)(H2,15,16,19)/t11-/m0/s1. The number of urea groups is 1. The van der Waals surface area contributed by atoms with E-state index in [1.54, 1.807) is 25.3 Å². The first-order valence-electron chi connectivity index (χ1n) is 6.42. The molecular formula is C14H20N2O4. The molecule has 0 spiro atoms. The van der Waals surface area contributed by atoms with Crippen LogP contribution in [0.3, 0.4) is 0 Å². The molecule has 0 unspecified atom stereocenters. The Bertz CT molecular complexity index is 488. The Morgan fingerprint density at radius 1 is 1.40 bits per heavy atom. The Morgan fingerprint density at radius 3 is 2.60 bits per heavy atom. The molecule has 110 valence electrons. The summed E-state index contributed by atoms with van der Waals surface area (Å²) in [6.07, 6.45) is 1.07. The van der Waals surface area contributed by atoms with Crippen LogP contribution in [-0.2, 0) is 4.79 Å². The molecule has 1 aromatic rings. The number of carboxylic acid groups (broad SMARTS) is 1. The second-order valence-corrected chi connectivity index (χ2v) is 4.46. The summed E-state index contributed by atoms with van der Waals surface area (Å²) in [5, 5.41) is 14.0. The largest absolute Gasteiger partial charge is 0.496 e. The smallest absolute Gasteiger partial charge is 0.326 e. The molecule has 0 radical (unpaired) electrons. The highest BCUT2D eigenvalue weighted by atomic mass is 16.5. The van der Waals surface area contributed by atoms with Gasteiger partial charge in [-0.2, -0.15) is 0 Å². The van der Waals surface area contributed by atoms with Crippen molar-refractivity contribution in [2.24, 2.45) is 0 Å². The third kappa shape index (κ3) is 4.46. The number of hydrogen-bond donors (Lipinski definition) is 3. The van der Waals surface area contributed by atoms with Gasteiger partial charge in [-0.15, -0.1) is 0 Å². The first-order valence-corrected chi connectivity index (χ1v) is 6.42. The molecule has 2 amide bonds.